The molecule has 1 nitrogen and oxygen atoms in total. The molecular formula is C12H22O. The largest absolute Gasteiger partial charge is 0.369 e. The summed E-state index contributed by atoms with van der Waals surface area (Å²) in [6.07, 6.45) is 6.58. The smallest absolute Gasteiger partial charge is 0.0895 e. The molecule has 0 aromatic heterocycles. The molecule has 2 aliphatic rings. The van der Waals surface area contributed by atoms with Crippen LogP contribution in [0.1, 0.15) is 53.4 Å². The van der Waals surface area contributed by atoms with Crippen molar-refractivity contribution >= 4 is 0 Å². The van der Waals surface area contributed by atoms with Gasteiger partial charge in [0.05, 0.1) is 12.2 Å². The van der Waals surface area contributed by atoms with Gasteiger partial charge in [-0.1, -0.05) is 34.1 Å². The molecule has 1 saturated carbocycles. The predicted molar refractivity (Wildman–Crippen MR) is 54.7 cm³/mol. The maximum absolute atomic E-state index is 5.74. The third kappa shape index (κ3) is 1.90. The highest BCUT2D eigenvalue weighted by Gasteiger charge is 2.54. The fourth-order valence-electron chi connectivity index (χ4n) is 3.23. The lowest BCUT2D eigenvalue weighted by atomic mass is 9.67. The van der Waals surface area contributed by atoms with Crippen LogP contribution in [-0.4, -0.2) is 12.2 Å². The van der Waals surface area contributed by atoms with Crippen molar-refractivity contribution in [3.63, 3.8) is 0 Å². The predicted octanol–water partition coefficient (Wildman–Crippen LogP) is 3.38. The van der Waals surface area contributed by atoms with Crippen LogP contribution in [0.2, 0.25) is 0 Å². The van der Waals surface area contributed by atoms with E-state index in [1.54, 1.807) is 0 Å². The Hall–Kier alpha value is -0.0400. The van der Waals surface area contributed by atoms with Crippen molar-refractivity contribution in [2.24, 2.45) is 10.8 Å². The Morgan fingerprint density at radius 3 is 2.69 bits per heavy atom. The maximum Gasteiger partial charge on any atom is 0.0895 e. The Morgan fingerprint density at radius 2 is 2.08 bits per heavy atom. The second kappa shape index (κ2) is 2.73. The fraction of sp³-hybridized carbons (Fsp3) is 1.00. The molecule has 2 fully saturated rings. The van der Waals surface area contributed by atoms with Crippen LogP contribution < -0.4 is 0 Å². The summed E-state index contributed by atoms with van der Waals surface area (Å²) in [5, 5.41) is 0. The van der Waals surface area contributed by atoms with Crippen molar-refractivity contribution in [3.8, 4) is 0 Å². The molecule has 1 heterocycles. The van der Waals surface area contributed by atoms with Gasteiger partial charge in [-0.2, -0.15) is 0 Å². The first kappa shape index (κ1) is 9.51. The van der Waals surface area contributed by atoms with Crippen LogP contribution in [0.5, 0.6) is 0 Å². The SMILES string of the molecule is CC(C)(C)CC1(C)CCCC2OC21. The molecule has 0 spiro atoms. The van der Waals surface area contributed by atoms with Crippen molar-refractivity contribution in [1.82, 2.24) is 0 Å². The summed E-state index contributed by atoms with van der Waals surface area (Å²) >= 11 is 0. The zero-order valence-corrected chi connectivity index (χ0v) is 9.39. The van der Waals surface area contributed by atoms with Crippen LogP contribution in [0.25, 0.3) is 0 Å². The highest BCUT2D eigenvalue weighted by Crippen LogP contribution is 2.53. The van der Waals surface area contributed by atoms with Gasteiger partial charge in [0.2, 0.25) is 0 Å². The number of fused-ring (bicyclic) bond motifs is 1. The first-order valence-electron chi connectivity index (χ1n) is 5.56. The summed E-state index contributed by atoms with van der Waals surface area (Å²) in [7, 11) is 0. The third-order valence-corrected chi connectivity index (χ3v) is 3.44. The fourth-order valence-corrected chi connectivity index (χ4v) is 3.23. The Morgan fingerprint density at radius 1 is 1.38 bits per heavy atom. The van der Waals surface area contributed by atoms with Crippen molar-refractivity contribution in [2.75, 3.05) is 0 Å². The normalized spacial score (nSPS) is 44.3. The van der Waals surface area contributed by atoms with Gasteiger partial charge >= 0.3 is 0 Å². The van der Waals surface area contributed by atoms with E-state index in [0.29, 0.717) is 23.0 Å². The van der Waals surface area contributed by atoms with E-state index in [0.717, 1.165) is 0 Å². The maximum atomic E-state index is 5.74. The molecule has 76 valence electrons. The number of hydrogen-bond donors (Lipinski definition) is 0. The number of ether oxygens (including phenoxy) is 1. The van der Waals surface area contributed by atoms with Crippen LogP contribution in [0.15, 0.2) is 0 Å². The van der Waals surface area contributed by atoms with E-state index in [1.807, 2.05) is 0 Å². The average molecular weight is 182 g/mol. The van der Waals surface area contributed by atoms with Gasteiger partial charge in [-0.15, -0.1) is 0 Å². The van der Waals surface area contributed by atoms with Crippen LogP contribution in [0.3, 0.4) is 0 Å². The molecule has 0 bridgehead atoms. The van der Waals surface area contributed by atoms with E-state index in [1.165, 1.54) is 25.7 Å². The van der Waals surface area contributed by atoms with Crippen molar-refractivity contribution in [2.45, 2.75) is 65.6 Å². The third-order valence-electron chi connectivity index (χ3n) is 3.44. The van der Waals surface area contributed by atoms with Crippen LogP contribution in [-0.2, 0) is 4.74 Å². The van der Waals surface area contributed by atoms with Gasteiger partial charge in [-0.05, 0) is 30.1 Å². The standard InChI is InChI=1S/C12H22O/c1-11(2,3)8-12(4)7-5-6-9-10(12)13-9/h9-10H,5-8H2,1-4H3. The zero-order valence-electron chi connectivity index (χ0n) is 9.39. The van der Waals surface area contributed by atoms with Gasteiger partial charge in [0.25, 0.3) is 0 Å². The molecule has 13 heavy (non-hydrogen) atoms. The quantitative estimate of drug-likeness (QED) is 0.566. The van der Waals surface area contributed by atoms with E-state index in [9.17, 15) is 0 Å². The van der Waals surface area contributed by atoms with Gasteiger partial charge in [0.1, 0.15) is 0 Å². The molecule has 3 atom stereocenters. The summed E-state index contributed by atoms with van der Waals surface area (Å²) in [5.74, 6) is 0. The molecule has 1 heteroatoms. The molecule has 0 N–H and O–H groups in total. The second-order valence-corrected chi connectivity index (χ2v) is 6.38. The molecular weight excluding hydrogens is 160 g/mol. The van der Waals surface area contributed by atoms with Crippen LogP contribution in [0, 0.1) is 10.8 Å². The van der Waals surface area contributed by atoms with Crippen LogP contribution >= 0.6 is 0 Å². The highest BCUT2D eigenvalue weighted by atomic mass is 16.6. The van der Waals surface area contributed by atoms with E-state index < -0.39 is 0 Å². The van der Waals surface area contributed by atoms with Crippen LogP contribution in [0.4, 0.5) is 0 Å². The molecule has 2 rings (SSSR count). The molecule has 0 radical (unpaired) electrons. The first-order valence-corrected chi connectivity index (χ1v) is 5.56. The van der Waals surface area contributed by atoms with E-state index in [2.05, 4.69) is 27.7 Å². The molecule has 0 amide bonds. The Balaban J connectivity index is 2.03. The van der Waals surface area contributed by atoms with Gasteiger partial charge in [0, 0.05) is 0 Å². The molecule has 3 unspecified atom stereocenters. The summed E-state index contributed by atoms with van der Waals surface area (Å²) in [5.41, 5.74) is 0.920. The number of rotatable bonds is 1. The summed E-state index contributed by atoms with van der Waals surface area (Å²) in [4.78, 5) is 0. The van der Waals surface area contributed by atoms with E-state index in [4.69, 9.17) is 4.74 Å². The summed E-state index contributed by atoms with van der Waals surface area (Å²) in [6.45, 7) is 9.43. The minimum Gasteiger partial charge on any atom is -0.369 e. The van der Waals surface area contributed by atoms with Gasteiger partial charge < -0.3 is 4.74 Å². The topological polar surface area (TPSA) is 12.5 Å². The Bertz CT molecular complexity index is 204. The van der Waals surface area contributed by atoms with Crippen molar-refractivity contribution in [3.05, 3.63) is 0 Å². The molecule has 1 aliphatic carbocycles. The van der Waals surface area contributed by atoms with Gasteiger partial charge in [-0.3, -0.25) is 0 Å². The minimum absolute atomic E-state index is 0.447. The monoisotopic (exact) mass is 182 g/mol. The zero-order chi connectivity index (χ0) is 9.69. The highest BCUT2D eigenvalue weighted by molar-refractivity contribution is 5.03. The van der Waals surface area contributed by atoms with Crippen molar-refractivity contribution in [1.29, 1.82) is 0 Å². The lowest BCUT2D eigenvalue weighted by Crippen LogP contribution is -2.33. The molecule has 0 aromatic carbocycles. The van der Waals surface area contributed by atoms with E-state index in [-0.39, 0.29) is 0 Å². The molecule has 1 saturated heterocycles. The number of epoxide rings is 1. The number of hydrogen-bond acceptors (Lipinski definition) is 1. The van der Waals surface area contributed by atoms with Gasteiger partial charge in [0.15, 0.2) is 0 Å². The summed E-state index contributed by atoms with van der Waals surface area (Å²) in [6, 6.07) is 0. The van der Waals surface area contributed by atoms with E-state index >= 15 is 0 Å². The van der Waals surface area contributed by atoms with Crippen molar-refractivity contribution < 1.29 is 4.74 Å². The lowest BCUT2D eigenvalue weighted by molar-refractivity contribution is 0.127. The first-order chi connectivity index (χ1) is 5.91. The Labute approximate surface area is 81.9 Å². The summed E-state index contributed by atoms with van der Waals surface area (Å²) < 4.78 is 5.74. The minimum atomic E-state index is 0.447. The van der Waals surface area contributed by atoms with Gasteiger partial charge in [-0.25, -0.2) is 0 Å². The average Bonchev–Trinajstić information content (AvgIpc) is 2.61. The Kier molecular flexibility index (Phi) is 1.99. The lowest BCUT2D eigenvalue weighted by Gasteiger charge is -2.36. The molecule has 0 aromatic rings. The second-order valence-electron chi connectivity index (χ2n) is 6.38. The molecule has 1 aliphatic heterocycles.